The highest BCUT2D eigenvalue weighted by Crippen LogP contribution is 2.42. The maximum Gasteiger partial charge on any atom is 0.263 e. The van der Waals surface area contributed by atoms with Crippen LogP contribution in [0.1, 0.15) is 11.1 Å². The van der Waals surface area contributed by atoms with E-state index >= 15 is 0 Å². The van der Waals surface area contributed by atoms with E-state index in [4.69, 9.17) is 4.74 Å². The average Bonchev–Trinajstić information content (AvgIpc) is 2.92. The quantitative estimate of drug-likeness (QED) is 0.329. The molecule has 0 bridgehead atoms. The number of nitrogens with one attached hydrogen (secondary N) is 1. The van der Waals surface area contributed by atoms with Crippen LogP contribution in [0.25, 0.3) is 33.2 Å². The fourth-order valence-electron chi connectivity index (χ4n) is 4.30. The van der Waals surface area contributed by atoms with Crippen molar-refractivity contribution in [2.45, 2.75) is 11.8 Å². The van der Waals surface area contributed by atoms with Gasteiger partial charge in [0, 0.05) is 28.9 Å². The Morgan fingerprint density at radius 1 is 0.973 bits per heavy atom. The van der Waals surface area contributed by atoms with Crippen molar-refractivity contribution >= 4 is 26.6 Å². The van der Waals surface area contributed by atoms with Gasteiger partial charge in [0.1, 0.15) is 24.0 Å². The second-order valence-electron chi connectivity index (χ2n) is 8.22. The fourth-order valence-corrected chi connectivity index (χ4v) is 5.35. The molecular weight excluding hydrogens is 486 g/mol. The largest absolute Gasteiger partial charge is 0.496 e. The number of pyridine rings is 1. The summed E-state index contributed by atoms with van der Waals surface area (Å²) in [5.41, 5.74) is 4.20. The summed E-state index contributed by atoms with van der Waals surface area (Å²) in [6.45, 7) is 1.87. The molecular formula is C28H21N5O3S. The molecule has 182 valence electrons. The second-order valence-corrected chi connectivity index (χ2v) is 9.90. The van der Waals surface area contributed by atoms with E-state index in [-0.39, 0.29) is 10.7 Å². The number of ether oxygens (including phenoxy) is 1. The number of methoxy groups -OCH3 is 1. The van der Waals surface area contributed by atoms with E-state index in [9.17, 15) is 13.7 Å². The lowest BCUT2D eigenvalue weighted by Crippen LogP contribution is -2.13. The number of aromatic nitrogens is 3. The van der Waals surface area contributed by atoms with Crippen molar-refractivity contribution in [3.8, 4) is 34.2 Å². The van der Waals surface area contributed by atoms with Crippen LogP contribution in [-0.2, 0) is 10.0 Å². The van der Waals surface area contributed by atoms with Gasteiger partial charge in [-0.05, 0) is 53.8 Å². The third-order valence-corrected chi connectivity index (χ3v) is 7.41. The lowest BCUT2D eigenvalue weighted by molar-refractivity contribution is 0.416. The Labute approximate surface area is 214 Å². The average molecular weight is 508 g/mol. The van der Waals surface area contributed by atoms with E-state index in [1.54, 1.807) is 31.5 Å². The van der Waals surface area contributed by atoms with Gasteiger partial charge in [0.15, 0.2) is 0 Å². The number of hydrogen-bond acceptors (Lipinski definition) is 7. The highest BCUT2D eigenvalue weighted by molar-refractivity contribution is 7.92. The van der Waals surface area contributed by atoms with Gasteiger partial charge in [0.25, 0.3) is 10.0 Å². The molecule has 3 aromatic carbocycles. The van der Waals surface area contributed by atoms with E-state index in [1.165, 1.54) is 24.7 Å². The van der Waals surface area contributed by atoms with Crippen LogP contribution in [0.4, 0.5) is 5.82 Å². The molecule has 37 heavy (non-hydrogen) atoms. The first-order valence-corrected chi connectivity index (χ1v) is 12.8. The highest BCUT2D eigenvalue weighted by Gasteiger charge is 2.22. The molecule has 0 aliphatic rings. The first-order valence-electron chi connectivity index (χ1n) is 11.3. The molecule has 9 heteroatoms. The van der Waals surface area contributed by atoms with Crippen LogP contribution in [0.2, 0.25) is 0 Å². The summed E-state index contributed by atoms with van der Waals surface area (Å²) >= 11 is 0. The Morgan fingerprint density at radius 3 is 2.49 bits per heavy atom. The molecule has 0 saturated carbocycles. The molecule has 5 aromatic rings. The van der Waals surface area contributed by atoms with Crippen LogP contribution < -0.4 is 9.46 Å². The molecule has 0 aliphatic heterocycles. The summed E-state index contributed by atoms with van der Waals surface area (Å²) in [4.78, 5) is 12.4. The molecule has 0 spiro atoms. The summed E-state index contributed by atoms with van der Waals surface area (Å²) in [7, 11) is -2.30. The van der Waals surface area contributed by atoms with Gasteiger partial charge in [0.2, 0.25) is 0 Å². The third-order valence-electron chi connectivity index (χ3n) is 6.06. The van der Waals surface area contributed by atoms with Gasteiger partial charge in [-0.2, -0.15) is 5.26 Å². The smallest absolute Gasteiger partial charge is 0.263 e. The van der Waals surface area contributed by atoms with E-state index in [0.29, 0.717) is 28.0 Å². The van der Waals surface area contributed by atoms with Crippen LogP contribution >= 0.6 is 0 Å². The molecule has 2 heterocycles. The van der Waals surface area contributed by atoms with E-state index in [0.717, 1.165) is 22.1 Å². The molecule has 0 atom stereocenters. The van der Waals surface area contributed by atoms with Crippen LogP contribution in [0, 0.1) is 18.3 Å². The Morgan fingerprint density at radius 2 is 1.78 bits per heavy atom. The first kappa shape index (κ1) is 23.9. The molecule has 0 amide bonds. The SMILES string of the molecule is COc1cc(-c2ccccc2)c(C#N)c(C)c1-c1nccc2cc(S(=O)(=O)Nc3ccncn3)ccc12. The van der Waals surface area contributed by atoms with Crippen molar-refractivity contribution in [2.75, 3.05) is 11.8 Å². The van der Waals surface area contributed by atoms with E-state index < -0.39 is 10.0 Å². The lowest BCUT2D eigenvalue weighted by atomic mass is 9.90. The zero-order chi connectivity index (χ0) is 26.0. The zero-order valence-electron chi connectivity index (χ0n) is 20.0. The number of sulfonamides is 1. The number of benzene rings is 3. The zero-order valence-corrected chi connectivity index (χ0v) is 20.8. The normalized spacial score (nSPS) is 11.2. The predicted octanol–water partition coefficient (Wildman–Crippen LogP) is 5.35. The van der Waals surface area contributed by atoms with Crippen molar-refractivity contribution in [3.05, 3.63) is 96.6 Å². The fraction of sp³-hybridized carbons (Fsp3) is 0.0714. The van der Waals surface area contributed by atoms with Crippen molar-refractivity contribution < 1.29 is 13.2 Å². The number of rotatable bonds is 6. The van der Waals surface area contributed by atoms with Crippen LogP contribution in [-0.4, -0.2) is 30.5 Å². The number of hydrogen-bond donors (Lipinski definition) is 1. The molecule has 0 fully saturated rings. The van der Waals surface area contributed by atoms with Crippen molar-refractivity contribution in [1.82, 2.24) is 15.0 Å². The maximum absolute atomic E-state index is 13.0. The first-order chi connectivity index (χ1) is 17.9. The van der Waals surface area contributed by atoms with Gasteiger partial charge in [-0.15, -0.1) is 0 Å². The van der Waals surface area contributed by atoms with Crippen molar-refractivity contribution in [1.29, 1.82) is 5.26 Å². The van der Waals surface area contributed by atoms with Crippen LogP contribution in [0.15, 0.2) is 90.3 Å². The van der Waals surface area contributed by atoms with Crippen molar-refractivity contribution in [3.63, 3.8) is 0 Å². The Hall–Kier alpha value is -4.81. The highest BCUT2D eigenvalue weighted by atomic mass is 32.2. The predicted molar refractivity (Wildman–Crippen MR) is 141 cm³/mol. The number of fused-ring (bicyclic) bond motifs is 1. The van der Waals surface area contributed by atoms with E-state index in [2.05, 4.69) is 25.7 Å². The minimum Gasteiger partial charge on any atom is -0.496 e. The minimum atomic E-state index is -3.88. The van der Waals surface area contributed by atoms with E-state index in [1.807, 2.05) is 43.3 Å². The van der Waals surface area contributed by atoms with Gasteiger partial charge in [-0.25, -0.2) is 18.4 Å². The molecule has 8 nitrogen and oxygen atoms in total. The van der Waals surface area contributed by atoms with Crippen LogP contribution in [0.3, 0.4) is 0 Å². The molecule has 0 radical (unpaired) electrons. The number of anilines is 1. The number of nitriles is 1. The summed E-state index contributed by atoms with van der Waals surface area (Å²) in [6.07, 6.45) is 4.34. The molecule has 0 saturated heterocycles. The van der Waals surface area contributed by atoms with Crippen molar-refractivity contribution in [2.24, 2.45) is 0 Å². The van der Waals surface area contributed by atoms with Crippen LogP contribution in [0.5, 0.6) is 5.75 Å². The van der Waals surface area contributed by atoms with Gasteiger partial charge in [-0.3, -0.25) is 9.71 Å². The summed E-state index contributed by atoms with van der Waals surface area (Å²) in [5.74, 6) is 0.742. The summed E-state index contributed by atoms with van der Waals surface area (Å²) in [5, 5.41) is 11.5. The minimum absolute atomic E-state index is 0.0802. The summed E-state index contributed by atoms with van der Waals surface area (Å²) < 4.78 is 34.2. The maximum atomic E-state index is 13.0. The Kier molecular flexibility index (Phi) is 6.26. The lowest BCUT2D eigenvalue weighted by Gasteiger charge is -2.18. The molecule has 0 aliphatic carbocycles. The Bertz CT molecular complexity index is 1770. The molecule has 5 rings (SSSR count). The molecule has 2 aromatic heterocycles. The molecule has 1 N–H and O–H groups in total. The monoisotopic (exact) mass is 507 g/mol. The summed E-state index contributed by atoms with van der Waals surface area (Å²) in [6, 6.07) is 21.9. The van der Waals surface area contributed by atoms with Gasteiger partial charge >= 0.3 is 0 Å². The Balaban J connectivity index is 1.66. The second kappa shape index (κ2) is 9.68. The molecule has 0 unspecified atom stereocenters. The van der Waals surface area contributed by atoms with Gasteiger partial charge < -0.3 is 4.74 Å². The standard InChI is InChI=1S/C28H21N5O3S/c1-18-24(16-29)23(19-6-4-3-5-7-19)15-25(36-2)27(18)28-22-9-8-21(14-20(22)10-13-31-28)37(34,35)33-26-11-12-30-17-32-26/h3-15,17H,1-2H3,(H,30,32,33). The van der Waals surface area contributed by atoms with Gasteiger partial charge in [-0.1, -0.05) is 36.4 Å². The topological polar surface area (TPSA) is 118 Å². The number of nitrogens with zero attached hydrogens (tertiary/aromatic N) is 4. The third kappa shape index (κ3) is 4.46. The van der Waals surface area contributed by atoms with Gasteiger partial charge in [0.05, 0.1) is 23.3 Å².